The predicted octanol–water partition coefficient (Wildman–Crippen LogP) is 23.6. The van der Waals surface area contributed by atoms with Crippen molar-refractivity contribution in [3.8, 4) is 0 Å². The molecule has 0 aliphatic carbocycles. The molecule has 460 valence electrons. The molecular weight excluding hydrogens is 985 g/mol. The normalized spacial score (nSPS) is 12.7. The minimum Gasteiger partial charge on any atom is -0.462 e. The van der Waals surface area contributed by atoms with Gasteiger partial charge in [-0.2, -0.15) is 0 Å². The molecule has 0 amide bonds. The van der Waals surface area contributed by atoms with Gasteiger partial charge in [0.1, 0.15) is 13.2 Å². The molecule has 0 spiro atoms. The van der Waals surface area contributed by atoms with Crippen molar-refractivity contribution < 1.29 is 28.6 Å². The molecule has 0 aromatic carbocycles. The summed E-state index contributed by atoms with van der Waals surface area (Å²) in [5.74, 6) is -0.871. The lowest BCUT2D eigenvalue weighted by Gasteiger charge is -2.18. The zero-order chi connectivity index (χ0) is 57.8. The largest absolute Gasteiger partial charge is 0.462 e. The molecule has 1 unspecified atom stereocenters. The molecule has 1 atom stereocenters. The van der Waals surface area contributed by atoms with Crippen LogP contribution in [0.5, 0.6) is 0 Å². The fourth-order valence-corrected chi connectivity index (χ4v) is 9.71. The summed E-state index contributed by atoms with van der Waals surface area (Å²) in [6, 6.07) is 0. The zero-order valence-corrected chi connectivity index (χ0v) is 52.8. The standard InChI is InChI=1S/C74H128O6/c1-4-7-10-13-16-19-21-23-25-27-29-31-33-34-35-36-37-38-39-40-42-43-45-47-49-51-53-55-58-61-64-67-73(76)79-70-71(69-78-72(75)66-63-60-57-18-15-12-9-6-3)80-74(77)68-65-62-59-56-54-52-50-48-46-44-41-32-30-28-26-24-22-20-17-14-11-8-5-2/h7,10,16,19,22-25,28-31,34-35,37-38,71H,4-6,8-9,11-15,17-18,20-21,26-27,32-33,36,39-70H2,1-3H3/b10-7-,19-16-,24-22-,25-23-,30-28-,31-29-,35-34-,38-37-. The molecule has 0 saturated heterocycles. The number of esters is 3. The average Bonchev–Trinajstić information content (AvgIpc) is 3.46. The van der Waals surface area contributed by atoms with Crippen LogP contribution in [0.4, 0.5) is 0 Å². The number of rotatable bonds is 62. The number of ether oxygens (including phenoxy) is 3. The molecule has 6 nitrogen and oxygen atoms in total. The van der Waals surface area contributed by atoms with Crippen LogP contribution in [0.15, 0.2) is 97.2 Å². The van der Waals surface area contributed by atoms with Crippen LogP contribution in [0.1, 0.15) is 335 Å². The molecule has 0 aromatic rings. The Morgan fingerprint density at radius 1 is 0.263 bits per heavy atom. The SMILES string of the molecule is CC/C=C\C/C=C\C/C=C\C/C=C\C/C=C\C/C=C\CCCCCCCCCCCCCCC(=O)OCC(COC(=O)CCCCCCCCCC)OC(=O)CCCCCCCCCCCCC/C=C\C/C=C\CCCCCCC. The molecular formula is C74H128O6. The Kier molecular flexibility index (Phi) is 64.7. The minimum absolute atomic E-state index is 0.0752. The fraction of sp³-hybridized carbons (Fsp3) is 0.743. The molecule has 0 fully saturated rings. The van der Waals surface area contributed by atoms with Crippen LogP contribution in [-0.2, 0) is 28.6 Å². The molecule has 0 N–H and O–H groups in total. The van der Waals surface area contributed by atoms with Crippen molar-refractivity contribution in [1.82, 2.24) is 0 Å². The molecule has 0 rings (SSSR count). The maximum Gasteiger partial charge on any atom is 0.306 e. The van der Waals surface area contributed by atoms with Gasteiger partial charge in [0.25, 0.3) is 0 Å². The van der Waals surface area contributed by atoms with E-state index in [1.165, 1.54) is 193 Å². The van der Waals surface area contributed by atoms with Gasteiger partial charge in [-0.15, -0.1) is 0 Å². The topological polar surface area (TPSA) is 78.9 Å². The Labute approximate surface area is 496 Å². The maximum atomic E-state index is 12.9. The molecule has 80 heavy (non-hydrogen) atoms. The highest BCUT2D eigenvalue weighted by Crippen LogP contribution is 2.17. The first-order valence-electron chi connectivity index (χ1n) is 34.2. The van der Waals surface area contributed by atoms with Crippen LogP contribution < -0.4 is 0 Å². The maximum absolute atomic E-state index is 12.9. The van der Waals surface area contributed by atoms with Crippen LogP contribution in [0.2, 0.25) is 0 Å². The molecule has 0 aromatic heterocycles. The van der Waals surface area contributed by atoms with Crippen molar-refractivity contribution in [2.75, 3.05) is 13.2 Å². The Balaban J connectivity index is 4.13. The van der Waals surface area contributed by atoms with Crippen molar-refractivity contribution in [2.24, 2.45) is 0 Å². The van der Waals surface area contributed by atoms with E-state index in [1.54, 1.807) is 0 Å². The molecule has 0 saturated carbocycles. The Morgan fingerprint density at radius 2 is 0.487 bits per heavy atom. The highest BCUT2D eigenvalue weighted by molar-refractivity contribution is 5.71. The third-order valence-electron chi connectivity index (χ3n) is 14.8. The van der Waals surface area contributed by atoms with Crippen LogP contribution in [0, 0.1) is 0 Å². The predicted molar refractivity (Wildman–Crippen MR) is 348 cm³/mol. The van der Waals surface area contributed by atoms with E-state index in [1.807, 2.05) is 0 Å². The van der Waals surface area contributed by atoms with E-state index in [2.05, 4.69) is 118 Å². The van der Waals surface area contributed by atoms with Crippen molar-refractivity contribution in [3.63, 3.8) is 0 Å². The minimum atomic E-state index is -0.777. The van der Waals surface area contributed by atoms with E-state index in [9.17, 15) is 14.4 Å². The Morgan fingerprint density at radius 3 is 0.762 bits per heavy atom. The second-order valence-electron chi connectivity index (χ2n) is 22.7. The van der Waals surface area contributed by atoms with E-state index >= 15 is 0 Å². The number of hydrogen-bond donors (Lipinski definition) is 0. The van der Waals surface area contributed by atoms with Gasteiger partial charge in [-0.05, 0) is 103 Å². The van der Waals surface area contributed by atoms with Gasteiger partial charge >= 0.3 is 17.9 Å². The molecule has 0 bridgehead atoms. The van der Waals surface area contributed by atoms with Crippen molar-refractivity contribution in [3.05, 3.63) is 97.2 Å². The summed E-state index contributed by atoms with van der Waals surface area (Å²) in [5, 5.41) is 0. The first-order chi connectivity index (χ1) is 39.5. The van der Waals surface area contributed by atoms with E-state index < -0.39 is 6.10 Å². The number of unbranched alkanes of at least 4 members (excludes halogenated alkanes) is 35. The van der Waals surface area contributed by atoms with Gasteiger partial charge in [-0.1, -0.05) is 311 Å². The second kappa shape index (κ2) is 67.8. The van der Waals surface area contributed by atoms with Gasteiger partial charge in [0.2, 0.25) is 0 Å². The Hall–Kier alpha value is -3.67. The smallest absolute Gasteiger partial charge is 0.306 e. The summed E-state index contributed by atoms with van der Waals surface area (Å²) < 4.78 is 16.9. The number of allylic oxidation sites excluding steroid dienone is 16. The second-order valence-corrected chi connectivity index (χ2v) is 22.7. The van der Waals surface area contributed by atoms with Gasteiger partial charge in [-0.25, -0.2) is 0 Å². The summed E-state index contributed by atoms with van der Waals surface area (Å²) in [4.78, 5) is 38.2. The van der Waals surface area contributed by atoms with Gasteiger partial charge in [-0.3, -0.25) is 14.4 Å². The molecule has 6 heteroatoms. The summed E-state index contributed by atoms with van der Waals surface area (Å²) in [6.07, 6.45) is 91.6. The van der Waals surface area contributed by atoms with Gasteiger partial charge in [0.15, 0.2) is 6.10 Å². The van der Waals surface area contributed by atoms with Crippen LogP contribution >= 0.6 is 0 Å². The number of hydrogen-bond acceptors (Lipinski definition) is 6. The zero-order valence-electron chi connectivity index (χ0n) is 52.8. The molecule has 0 radical (unpaired) electrons. The number of carbonyl (C=O) groups excluding carboxylic acids is 3. The third-order valence-corrected chi connectivity index (χ3v) is 14.8. The van der Waals surface area contributed by atoms with Crippen LogP contribution in [0.25, 0.3) is 0 Å². The Bertz CT molecular complexity index is 1560. The third kappa shape index (κ3) is 65.1. The first-order valence-corrected chi connectivity index (χ1v) is 34.2. The monoisotopic (exact) mass is 1110 g/mol. The van der Waals surface area contributed by atoms with Gasteiger partial charge < -0.3 is 14.2 Å². The van der Waals surface area contributed by atoms with Gasteiger partial charge in [0, 0.05) is 19.3 Å². The fourth-order valence-electron chi connectivity index (χ4n) is 9.71. The quantitative estimate of drug-likeness (QED) is 0.0261. The lowest BCUT2D eigenvalue weighted by atomic mass is 10.0. The molecule has 0 aliphatic heterocycles. The lowest BCUT2D eigenvalue weighted by Crippen LogP contribution is -2.30. The lowest BCUT2D eigenvalue weighted by molar-refractivity contribution is -0.167. The van der Waals surface area contributed by atoms with E-state index in [0.717, 1.165) is 103 Å². The highest BCUT2D eigenvalue weighted by Gasteiger charge is 2.19. The summed E-state index contributed by atoms with van der Waals surface area (Å²) in [5.41, 5.74) is 0. The van der Waals surface area contributed by atoms with Crippen LogP contribution in [-0.4, -0.2) is 37.2 Å². The highest BCUT2D eigenvalue weighted by atomic mass is 16.6. The summed E-state index contributed by atoms with van der Waals surface area (Å²) >= 11 is 0. The summed E-state index contributed by atoms with van der Waals surface area (Å²) in [7, 11) is 0. The van der Waals surface area contributed by atoms with Crippen molar-refractivity contribution >= 4 is 17.9 Å². The summed E-state index contributed by atoms with van der Waals surface area (Å²) in [6.45, 7) is 6.52. The average molecular weight is 1110 g/mol. The van der Waals surface area contributed by atoms with Crippen LogP contribution in [0.3, 0.4) is 0 Å². The molecule has 0 aliphatic rings. The van der Waals surface area contributed by atoms with Crippen molar-refractivity contribution in [2.45, 2.75) is 341 Å². The first kappa shape index (κ1) is 76.3. The van der Waals surface area contributed by atoms with E-state index in [-0.39, 0.29) is 31.1 Å². The molecule has 0 heterocycles. The van der Waals surface area contributed by atoms with E-state index in [4.69, 9.17) is 14.2 Å². The number of carbonyl (C=O) groups is 3. The van der Waals surface area contributed by atoms with Crippen molar-refractivity contribution in [1.29, 1.82) is 0 Å². The van der Waals surface area contributed by atoms with Gasteiger partial charge in [0.05, 0.1) is 0 Å². The van der Waals surface area contributed by atoms with E-state index in [0.29, 0.717) is 19.3 Å².